The van der Waals surface area contributed by atoms with Gasteiger partial charge in [-0.25, -0.2) is 13.2 Å². The number of pyridine rings is 2. The second-order valence-electron chi connectivity index (χ2n) is 7.65. The van der Waals surface area contributed by atoms with Gasteiger partial charge in [-0.2, -0.15) is 17.5 Å². The van der Waals surface area contributed by atoms with Gasteiger partial charge < -0.3 is 10.4 Å². The summed E-state index contributed by atoms with van der Waals surface area (Å²) < 4.78 is 60.0. The Labute approximate surface area is 194 Å². The van der Waals surface area contributed by atoms with Crippen LogP contribution in [0, 0.1) is 6.92 Å². The molecule has 0 unspecified atom stereocenters. The number of fused-ring (bicyclic) bond motifs is 1. The number of sulfonamides is 1. The minimum absolute atomic E-state index is 0.255. The first-order chi connectivity index (χ1) is 16.0. The highest BCUT2D eigenvalue weighted by Crippen LogP contribution is 2.29. The van der Waals surface area contributed by atoms with Gasteiger partial charge in [0, 0.05) is 48.8 Å². The summed E-state index contributed by atoms with van der Waals surface area (Å²) in [5, 5.41) is 11.4. The smallest absolute Gasteiger partial charge is 0.475 e. The number of carboxylic acids is 1. The van der Waals surface area contributed by atoms with Gasteiger partial charge in [-0.05, 0) is 43.5 Å². The average molecular weight is 497 g/mol. The number of halogens is 3. The first kappa shape index (κ1) is 25.4. The van der Waals surface area contributed by atoms with Gasteiger partial charge in [0.25, 0.3) is 0 Å². The zero-order valence-electron chi connectivity index (χ0n) is 18.2. The molecule has 0 radical (unpaired) electrons. The average Bonchev–Trinajstić information content (AvgIpc) is 2.79. The van der Waals surface area contributed by atoms with Crippen LogP contribution in [0.25, 0.3) is 10.9 Å². The molecule has 0 saturated carbocycles. The summed E-state index contributed by atoms with van der Waals surface area (Å²) in [6.45, 7) is 2.82. The molecule has 34 heavy (non-hydrogen) atoms. The maximum Gasteiger partial charge on any atom is 0.490 e. The summed E-state index contributed by atoms with van der Waals surface area (Å²) in [6, 6.07) is 11.6. The molecule has 0 bridgehead atoms. The van der Waals surface area contributed by atoms with Crippen molar-refractivity contribution in [2.24, 2.45) is 0 Å². The quantitative estimate of drug-likeness (QED) is 0.564. The van der Waals surface area contributed by atoms with Gasteiger partial charge in [-0.3, -0.25) is 9.97 Å². The number of aryl methyl sites for hydroxylation is 1. The maximum absolute atomic E-state index is 13.3. The van der Waals surface area contributed by atoms with Gasteiger partial charge in [-0.1, -0.05) is 18.2 Å². The van der Waals surface area contributed by atoms with E-state index in [1.54, 1.807) is 22.9 Å². The van der Waals surface area contributed by atoms with Crippen LogP contribution >= 0.6 is 0 Å². The number of nitrogens with zero attached hydrogens (tertiary/aromatic N) is 3. The van der Waals surface area contributed by atoms with Crippen molar-refractivity contribution in [1.82, 2.24) is 14.3 Å². The molecule has 12 heteroatoms. The monoisotopic (exact) mass is 496 g/mol. The summed E-state index contributed by atoms with van der Waals surface area (Å²) in [5.74, 6) is -2.76. The van der Waals surface area contributed by atoms with E-state index in [9.17, 15) is 21.6 Å². The number of rotatable bonds is 4. The second-order valence-corrected chi connectivity index (χ2v) is 9.52. The van der Waals surface area contributed by atoms with Crippen molar-refractivity contribution in [2.45, 2.75) is 36.9 Å². The Morgan fingerprint density at radius 3 is 2.29 bits per heavy atom. The third kappa shape index (κ3) is 6.00. The van der Waals surface area contributed by atoms with E-state index < -0.39 is 22.2 Å². The van der Waals surface area contributed by atoms with Gasteiger partial charge in [0.2, 0.25) is 10.0 Å². The molecular weight excluding hydrogens is 473 g/mol. The number of hydrogen-bond donors (Lipinski definition) is 2. The first-order valence-corrected chi connectivity index (χ1v) is 11.8. The summed E-state index contributed by atoms with van der Waals surface area (Å²) in [7, 11) is -3.58. The third-order valence-electron chi connectivity index (χ3n) is 5.27. The molecule has 1 aromatic carbocycles. The molecule has 0 spiro atoms. The normalized spacial score (nSPS) is 15.4. The molecule has 4 rings (SSSR count). The summed E-state index contributed by atoms with van der Waals surface area (Å²) >= 11 is 0. The van der Waals surface area contributed by atoms with E-state index in [4.69, 9.17) is 9.90 Å². The van der Waals surface area contributed by atoms with Crippen LogP contribution in [0.1, 0.15) is 18.4 Å². The number of carboxylic acid groups (broad SMARTS) is 1. The zero-order chi connectivity index (χ0) is 24.9. The lowest BCUT2D eigenvalue weighted by molar-refractivity contribution is -0.192. The molecular formula is C22H23F3N4O4S. The maximum atomic E-state index is 13.3. The summed E-state index contributed by atoms with van der Waals surface area (Å²) in [5.41, 5.74) is 2.30. The number of alkyl halides is 3. The van der Waals surface area contributed by atoms with Gasteiger partial charge in [0.1, 0.15) is 4.90 Å². The third-order valence-corrected chi connectivity index (χ3v) is 7.35. The van der Waals surface area contributed by atoms with Crippen molar-refractivity contribution < 1.29 is 31.5 Å². The van der Waals surface area contributed by atoms with Crippen molar-refractivity contribution in [3.8, 4) is 0 Å². The Hall–Kier alpha value is -3.25. The van der Waals surface area contributed by atoms with Gasteiger partial charge in [0.05, 0.1) is 5.52 Å². The minimum atomic E-state index is -5.08. The molecule has 3 heterocycles. The van der Waals surface area contributed by atoms with Crippen molar-refractivity contribution >= 4 is 32.6 Å². The summed E-state index contributed by atoms with van der Waals surface area (Å²) in [4.78, 5) is 17.6. The van der Waals surface area contributed by atoms with Crippen molar-refractivity contribution in [3.63, 3.8) is 0 Å². The molecule has 0 atom stereocenters. The van der Waals surface area contributed by atoms with E-state index >= 15 is 0 Å². The number of aromatic nitrogens is 2. The van der Waals surface area contributed by atoms with Crippen molar-refractivity contribution in [1.29, 1.82) is 0 Å². The molecule has 1 fully saturated rings. The Balaban J connectivity index is 0.000000406. The second kappa shape index (κ2) is 10.3. The highest BCUT2D eigenvalue weighted by molar-refractivity contribution is 7.89. The number of piperidine rings is 1. The van der Waals surface area contributed by atoms with Crippen LogP contribution in [0.5, 0.6) is 0 Å². The van der Waals surface area contributed by atoms with Gasteiger partial charge in [-0.15, -0.1) is 0 Å². The largest absolute Gasteiger partial charge is 0.490 e. The molecule has 2 aromatic heterocycles. The van der Waals surface area contributed by atoms with Crippen LogP contribution in [0.4, 0.5) is 18.9 Å². The number of benzene rings is 1. The van der Waals surface area contributed by atoms with Crippen LogP contribution in [0.15, 0.2) is 59.9 Å². The Morgan fingerprint density at radius 2 is 1.71 bits per heavy atom. The van der Waals surface area contributed by atoms with Gasteiger partial charge >= 0.3 is 12.1 Å². The highest BCUT2D eigenvalue weighted by atomic mass is 32.2. The minimum Gasteiger partial charge on any atom is -0.475 e. The number of hydrogen-bond acceptors (Lipinski definition) is 6. The van der Waals surface area contributed by atoms with E-state index in [0.29, 0.717) is 23.5 Å². The fourth-order valence-electron chi connectivity index (χ4n) is 3.60. The summed E-state index contributed by atoms with van der Waals surface area (Å²) in [6.07, 6.45) is 1.58. The predicted octanol–water partition coefficient (Wildman–Crippen LogP) is 3.84. The van der Waals surface area contributed by atoms with Crippen molar-refractivity contribution in [2.75, 3.05) is 18.4 Å². The van der Waals surface area contributed by atoms with Crippen LogP contribution in [0.2, 0.25) is 0 Å². The molecule has 0 amide bonds. The molecule has 3 aromatic rings. The standard InChI is InChI=1S/C20H22N4O2S.C2HF3O2/c1-15-4-5-16-3-2-10-22-19(16)20(15)27(25,26)24-13-8-18(9-14-24)23-17-6-11-21-12-7-17;3-2(4,5)1(6)7/h2-7,10-12,18H,8-9,13-14H2,1H3,(H,21,23);(H,6,7). The van der Waals surface area contributed by atoms with E-state index in [1.165, 1.54) is 0 Å². The molecule has 1 aliphatic rings. The zero-order valence-corrected chi connectivity index (χ0v) is 19.0. The lowest BCUT2D eigenvalue weighted by Crippen LogP contribution is -2.42. The van der Waals surface area contributed by atoms with Crippen LogP contribution in [-0.4, -0.2) is 59.1 Å². The predicted molar refractivity (Wildman–Crippen MR) is 120 cm³/mol. The van der Waals surface area contributed by atoms with E-state index in [-0.39, 0.29) is 6.04 Å². The number of aliphatic carboxylic acids is 1. The molecule has 2 N–H and O–H groups in total. The van der Waals surface area contributed by atoms with Crippen LogP contribution < -0.4 is 5.32 Å². The number of nitrogens with one attached hydrogen (secondary N) is 1. The van der Waals surface area contributed by atoms with Gasteiger partial charge in [0.15, 0.2) is 0 Å². The number of anilines is 1. The SMILES string of the molecule is Cc1ccc2cccnc2c1S(=O)(=O)N1CCC(Nc2ccncc2)CC1.O=C(O)C(F)(F)F. The Bertz CT molecular complexity index is 1250. The lowest BCUT2D eigenvalue weighted by atomic mass is 10.1. The molecule has 8 nitrogen and oxygen atoms in total. The first-order valence-electron chi connectivity index (χ1n) is 10.3. The van der Waals surface area contributed by atoms with E-state index in [0.717, 1.165) is 29.5 Å². The number of carbonyl (C=O) groups is 1. The lowest BCUT2D eigenvalue weighted by Gasteiger charge is -2.32. The fourth-order valence-corrected chi connectivity index (χ4v) is 5.44. The van der Waals surface area contributed by atoms with Crippen LogP contribution in [-0.2, 0) is 14.8 Å². The highest BCUT2D eigenvalue weighted by Gasteiger charge is 2.38. The van der Waals surface area contributed by atoms with E-state index in [2.05, 4.69) is 15.3 Å². The van der Waals surface area contributed by atoms with E-state index in [1.807, 2.05) is 43.3 Å². The topological polar surface area (TPSA) is 112 Å². The fraction of sp³-hybridized carbons (Fsp3) is 0.318. The van der Waals surface area contributed by atoms with Crippen molar-refractivity contribution in [3.05, 3.63) is 60.6 Å². The van der Waals surface area contributed by atoms with Crippen LogP contribution in [0.3, 0.4) is 0 Å². The molecule has 1 saturated heterocycles. The Morgan fingerprint density at radius 1 is 1.09 bits per heavy atom. The molecule has 1 aliphatic heterocycles. The Kier molecular flexibility index (Phi) is 7.72. The molecule has 0 aliphatic carbocycles. The molecule has 182 valence electrons.